The zero-order valence-electron chi connectivity index (χ0n) is 13.5. The van der Waals surface area contributed by atoms with Crippen LogP contribution in [0.5, 0.6) is 0 Å². The molecular weight excluding hydrogens is 286 g/mol. The number of hydrogen-bond acceptors (Lipinski definition) is 3. The molecular formula is C16H32ClN3O. The van der Waals surface area contributed by atoms with Crippen LogP contribution in [0.25, 0.3) is 0 Å². The molecule has 0 aromatic heterocycles. The Bertz CT molecular complexity index is 300. The number of amides is 1. The molecule has 124 valence electrons. The quantitative estimate of drug-likeness (QED) is 0.790. The maximum absolute atomic E-state index is 11.9. The van der Waals surface area contributed by atoms with E-state index in [9.17, 15) is 4.79 Å². The van der Waals surface area contributed by atoms with Crippen molar-refractivity contribution in [2.45, 2.75) is 63.3 Å². The molecule has 1 aliphatic carbocycles. The van der Waals surface area contributed by atoms with E-state index in [1.807, 2.05) is 7.05 Å². The second-order valence-electron chi connectivity index (χ2n) is 6.46. The van der Waals surface area contributed by atoms with Crippen LogP contribution in [0, 0.1) is 0 Å². The number of piperidine rings is 1. The van der Waals surface area contributed by atoms with Crippen molar-refractivity contribution >= 4 is 18.3 Å². The minimum absolute atomic E-state index is 0. The van der Waals surface area contributed by atoms with E-state index in [4.69, 9.17) is 0 Å². The van der Waals surface area contributed by atoms with Crippen molar-refractivity contribution in [3.8, 4) is 0 Å². The summed E-state index contributed by atoms with van der Waals surface area (Å²) in [5.74, 6) is 0.196. The van der Waals surface area contributed by atoms with Crippen LogP contribution >= 0.6 is 12.4 Å². The van der Waals surface area contributed by atoms with Gasteiger partial charge in [0.1, 0.15) is 0 Å². The standard InChI is InChI=1S/C16H31N3O.ClH/c1-17-11-8-15(20)18-14-16(9-4-2-5-10-16)19-12-6-3-7-13-19;/h17H,2-14H2,1H3,(H,18,20);1H. The molecule has 1 aliphatic heterocycles. The Balaban J connectivity index is 0.00000220. The van der Waals surface area contributed by atoms with Crippen molar-refractivity contribution in [1.29, 1.82) is 0 Å². The fraction of sp³-hybridized carbons (Fsp3) is 0.938. The third-order valence-electron chi connectivity index (χ3n) is 5.03. The molecule has 0 spiro atoms. The molecule has 21 heavy (non-hydrogen) atoms. The third-order valence-corrected chi connectivity index (χ3v) is 5.03. The lowest BCUT2D eigenvalue weighted by Crippen LogP contribution is -2.58. The van der Waals surface area contributed by atoms with Crippen molar-refractivity contribution in [3.05, 3.63) is 0 Å². The number of halogens is 1. The Morgan fingerprint density at radius 2 is 1.67 bits per heavy atom. The molecule has 1 amide bonds. The lowest BCUT2D eigenvalue weighted by Gasteiger charge is -2.48. The van der Waals surface area contributed by atoms with Gasteiger partial charge in [0.05, 0.1) is 0 Å². The first-order chi connectivity index (χ1) is 9.77. The molecule has 0 radical (unpaired) electrons. The highest BCUT2D eigenvalue weighted by Crippen LogP contribution is 2.35. The Morgan fingerprint density at radius 3 is 2.29 bits per heavy atom. The molecule has 0 atom stereocenters. The lowest BCUT2D eigenvalue weighted by molar-refractivity contribution is -0.122. The number of nitrogens with zero attached hydrogens (tertiary/aromatic N) is 1. The first-order valence-electron chi connectivity index (χ1n) is 8.43. The minimum atomic E-state index is 0. The van der Waals surface area contributed by atoms with Gasteiger partial charge in [0, 0.05) is 25.0 Å². The van der Waals surface area contributed by atoms with Crippen LogP contribution < -0.4 is 10.6 Å². The summed E-state index contributed by atoms with van der Waals surface area (Å²) in [7, 11) is 1.89. The van der Waals surface area contributed by atoms with Crippen LogP contribution in [0.3, 0.4) is 0 Å². The van der Waals surface area contributed by atoms with Crippen LogP contribution in [0.2, 0.25) is 0 Å². The van der Waals surface area contributed by atoms with E-state index < -0.39 is 0 Å². The first-order valence-corrected chi connectivity index (χ1v) is 8.43. The van der Waals surface area contributed by atoms with Crippen LogP contribution in [0.15, 0.2) is 0 Å². The monoisotopic (exact) mass is 317 g/mol. The van der Waals surface area contributed by atoms with Crippen LogP contribution in [-0.2, 0) is 4.79 Å². The van der Waals surface area contributed by atoms with Gasteiger partial charge in [-0.15, -0.1) is 12.4 Å². The molecule has 0 unspecified atom stereocenters. The average Bonchev–Trinajstić information content (AvgIpc) is 2.52. The highest BCUT2D eigenvalue weighted by molar-refractivity contribution is 5.85. The van der Waals surface area contributed by atoms with E-state index in [2.05, 4.69) is 15.5 Å². The molecule has 2 N–H and O–H groups in total. The maximum atomic E-state index is 11.9. The summed E-state index contributed by atoms with van der Waals surface area (Å²) in [6.07, 6.45) is 11.2. The minimum Gasteiger partial charge on any atom is -0.354 e. The number of nitrogens with one attached hydrogen (secondary N) is 2. The van der Waals surface area contributed by atoms with E-state index >= 15 is 0 Å². The fourth-order valence-electron chi connectivity index (χ4n) is 3.77. The SMILES string of the molecule is CNCCC(=O)NCC1(N2CCCCC2)CCCCC1.Cl. The van der Waals surface area contributed by atoms with E-state index in [1.54, 1.807) is 0 Å². The number of rotatable bonds is 6. The Labute approximate surface area is 135 Å². The van der Waals surface area contributed by atoms with E-state index in [1.165, 1.54) is 64.5 Å². The predicted octanol–water partition coefficient (Wildman–Crippen LogP) is 2.32. The summed E-state index contributed by atoms with van der Waals surface area (Å²) in [4.78, 5) is 14.6. The fourth-order valence-corrected chi connectivity index (χ4v) is 3.77. The van der Waals surface area contributed by atoms with Gasteiger partial charge in [0.15, 0.2) is 0 Å². The molecule has 2 aliphatic rings. The summed E-state index contributed by atoms with van der Waals surface area (Å²) in [5.41, 5.74) is 0.258. The van der Waals surface area contributed by atoms with Crippen LogP contribution in [-0.4, -0.2) is 49.6 Å². The van der Waals surface area contributed by atoms with Crippen molar-refractivity contribution < 1.29 is 4.79 Å². The molecule has 5 heteroatoms. The Hall–Kier alpha value is -0.320. The molecule has 1 heterocycles. The smallest absolute Gasteiger partial charge is 0.221 e. The molecule has 1 saturated heterocycles. The Kier molecular flexibility index (Phi) is 8.60. The lowest BCUT2D eigenvalue weighted by atomic mass is 9.79. The van der Waals surface area contributed by atoms with Gasteiger partial charge >= 0.3 is 0 Å². The molecule has 2 rings (SSSR count). The van der Waals surface area contributed by atoms with Gasteiger partial charge in [-0.1, -0.05) is 25.7 Å². The molecule has 1 saturated carbocycles. The predicted molar refractivity (Wildman–Crippen MR) is 90.0 cm³/mol. The summed E-state index contributed by atoms with van der Waals surface area (Å²) in [6.45, 7) is 4.08. The number of carbonyl (C=O) groups excluding carboxylic acids is 1. The van der Waals surface area contributed by atoms with E-state index in [0.29, 0.717) is 6.42 Å². The van der Waals surface area contributed by atoms with E-state index in [0.717, 1.165) is 13.1 Å². The molecule has 0 aromatic carbocycles. The second kappa shape index (κ2) is 9.65. The van der Waals surface area contributed by atoms with Crippen LogP contribution in [0.1, 0.15) is 57.8 Å². The molecule has 0 aromatic rings. The number of likely N-dealkylation sites (tertiary alicyclic amines) is 1. The number of hydrogen-bond donors (Lipinski definition) is 2. The zero-order chi connectivity index (χ0) is 14.3. The highest BCUT2D eigenvalue weighted by atomic mass is 35.5. The highest BCUT2D eigenvalue weighted by Gasteiger charge is 2.38. The molecule has 0 bridgehead atoms. The summed E-state index contributed by atoms with van der Waals surface area (Å²) in [6, 6.07) is 0. The number of carbonyl (C=O) groups is 1. The van der Waals surface area contributed by atoms with Crippen molar-refractivity contribution in [2.75, 3.05) is 33.2 Å². The van der Waals surface area contributed by atoms with Gasteiger partial charge in [-0.3, -0.25) is 9.69 Å². The first kappa shape index (κ1) is 18.7. The average molecular weight is 318 g/mol. The summed E-state index contributed by atoms with van der Waals surface area (Å²) < 4.78 is 0. The topological polar surface area (TPSA) is 44.4 Å². The zero-order valence-corrected chi connectivity index (χ0v) is 14.3. The van der Waals surface area contributed by atoms with Gasteiger partial charge < -0.3 is 10.6 Å². The normalized spacial score (nSPS) is 22.3. The Morgan fingerprint density at radius 1 is 1.05 bits per heavy atom. The second-order valence-corrected chi connectivity index (χ2v) is 6.46. The van der Waals surface area contributed by atoms with Crippen molar-refractivity contribution in [3.63, 3.8) is 0 Å². The van der Waals surface area contributed by atoms with Crippen molar-refractivity contribution in [1.82, 2.24) is 15.5 Å². The molecule has 4 nitrogen and oxygen atoms in total. The molecule has 2 fully saturated rings. The third kappa shape index (κ3) is 5.42. The van der Waals surface area contributed by atoms with E-state index in [-0.39, 0.29) is 23.9 Å². The van der Waals surface area contributed by atoms with Gasteiger partial charge in [0.25, 0.3) is 0 Å². The maximum Gasteiger partial charge on any atom is 0.221 e. The van der Waals surface area contributed by atoms with Gasteiger partial charge in [-0.05, 0) is 45.8 Å². The van der Waals surface area contributed by atoms with Gasteiger partial charge in [-0.2, -0.15) is 0 Å². The summed E-state index contributed by atoms with van der Waals surface area (Å²) in [5, 5.41) is 6.24. The van der Waals surface area contributed by atoms with Gasteiger partial charge in [-0.25, -0.2) is 0 Å². The summed E-state index contributed by atoms with van der Waals surface area (Å²) >= 11 is 0. The van der Waals surface area contributed by atoms with Crippen LogP contribution in [0.4, 0.5) is 0 Å². The van der Waals surface area contributed by atoms with Crippen molar-refractivity contribution in [2.24, 2.45) is 0 Å². The largest absolute Gasteiger partial charge is 0.354 e. The van der Waals surface area contributed by atoms with Gasteiger partial charge in [0.2, 0.25) is 5.91 Å².